The zero-order valence-electron chi connectivity index (χ0n) is 14.2. The van der Waals surface area contributed by atoms with Crippen LogP contribution in [0.15, 0.2) is 36.4 Å². The predicted octanol–water partition coefficient (Wildman–Crippen LogP) is 3.69. The molecule has 0 atom stereocenters. The quantitative estimate of drug-likeness (QED) is 0.603. The van der Waals surface area contributed by atoms with Crippen molar-refractivity contribution in [2.24, 2.45) is 0 Å². The molecule has 5 nitrogen and oxygen atoms in total. The molecule has 4 rings (SSSR count). The van der Waals surface area contributed by atoms with Gasteiger partial charge in [0, 0.05) is 0 Å². The van der Waals surface area contributed by atoms with Gasteiger partial charge in [0.2, 0.25) is 0 Å². The number of hydrogen-bond donors (Lipinski definition) is 2. The van der Waals surface area contributed by atoms with Crippen molar-refractivity contribution in [2.75, 3.05) is 7.05 Å². The van der Waals surface area contributed by atoms with Gasteiger partial charge in [0.1, 0.15) is 11.6 Å². The predicted molar refractivity (Wildman–Crippen MR) is 96.8 cm³/mol. The summed E-state index contributed by atoms with van der Waals surface area (Å²) < 4.78 is 0. The highest BCUT2D eigenvalue weighted by molar-refractivity contribution is 5.76. The Balaban J connectivity index is 1.50. The molecular formula is C19H21N5. The fourth-order valence-electron chi connectivity index (χ4n) is 3.07. The number of nitrogens with one attached hydrogen (secondary N) is 2. The van der Waals surface area contributed by atoms with Gasteiger partial charge in [0.25, 0.3) is 0 Å². The summed E-state index contributed by atoms with van der Waals surface area (Å²) in [4.78, 5) is 18.3. The molecule has 122 valence electrons. The molecule has 2 heterocycles. The van der Waals surface area contributed by atoms with Crippen molar-refractivity contribution < 1.29 is 0 Å². The van der Waals surface area contributed by atoms with Crippen molar-refractivity contribution >= 4 is 22.1 Å². The lowest BCUT2D eigenvalue weighted by atomic mass is 10.2. The number of imidazole rings is 2. The van der Waals surface area contributed by atoms with Crippen LogP contribution in [0, 0.1) is 13.8 Å². The van der Waals surface area contributed by atoms with Crippen LogP contribution in [0.5, 0.6) is 0 Å². The molecule has 0 aliphatic rings. The Hall–Kier alpha value is -2.66. The fourth-order valence-corrected chi connectivity index (χ4v) is 3.07. The summed E-state index contributed by atoms with van der Waals surface area (Å²) in [6.07, 6.45) is 0. The molecule has 0 radical (unpaired) electrons. The molecule has 0 amide bonds. The van der Waals surface area contributed by atoms with Crippen LogP contribution in [-0.2, 0) is 13.1 Å². The summed E-state index contributed by atoms with van der Waals surface area (Å²) >= 11 is 0. The Morgan fingerprint density at radius 3 is 1.71 bits per heavy atom. The van der Waals surface area contributed by atoms with E-state index in [4.69, 9.17) is 0 Å². The first-order valence-electron chi connectivity index (χ1n) is 8.16. The second-order valence-electron chi connectivity index (χ2n) is 6.58. The molecule has 2 N–H and O–H groups in total. The van der Waals surface area contributed by atoms with Crippen molar-refractivity contribution in [3.8, 4) is 0 Å². The molecule has 0 spiro atoms. The van der Waals surface area contributed by atoms with E-state index in [9.17, 15) is 0 Å². The van der Waals surface area contributed by atoms with Crippen LogP contribution < -0.4 is 0 Å². The molecule has 5 heteroatoms. The Bertz CT molecular complexity index is 929. The minimum atomic E-state index is 0.754. The second-order valence-corrected chi connectivity index (χ2v) is 6.58. The standard InChI is InChI=1S/C19H21N5/c1-12-4-6-14-16(8-12)22-18(20-14)10-24(3)11-19-21-15-7-5-13(2)9-17(15)23-19/h4-9H,10-11H2,1-3H3,(H,20,22)(H,21,23). The molecule has 0 saturated heterocycles. The fraction of sp³-hybridized carbons (Fsp3) is 0.263. The summed E-state index contributed by atoms with van der Waals surface area (Å²) in [7, 11) is 2.08. The van der Waals surface area contributed by atoms with Gasteiger partial charge in [-0.05, 0) is 56.3 Å². The third-order valence-electron chi connectivity index (χ3n) is 4.21. The number of aromatic nitrogens is 4. The summed E-state index contributed by atoms with van der Waals surface area (Å²) in [6, 6.07) is 12.6. The highest BCUT2D eigenvalue weighted by Gasteiger charge is 2.09. The van der Waals surface area contributed by atoms with Gasteiger partial charge in [0.15, 0.2) is 0 Å². The lowest BCUT2D eigenvalue weighted by Gasteiger charge is -2.12. The zero-order valence-corrected chi connectivity index (χ0v) is 14.2. The maximum atomic E-state index is 4.66. The van der Waals surface area contributed by atoms with Crippen LogP contribution in [0.1, 0.15) is 22.8 Å². The van der Waals surface area contributed by atoms with E-state index in [-0.39, 0.29) is 0 Å². The molecule has 4 aromatic rings. The lowest BCUT2D eigenvalue weighted by molar-refractivity contribution is 0.305. The number of aryl methyl sites for hydroxylation is 2. The number of aromatic amines is 2. The van der Waals surface area contributed by atoms with Gasteiger partial charge >= 0.3 is 0 Å². The molecule has 2 aromatic carbocycles. The number of fused-ring (bicyclic) bond motifs is 2. The summed E-state index contributed by atoms with van der Waals surface area (Å²) in [5.41, 5.74) is 6.70. The third-order valence-corrected chi connectivity index (χ3v) is 4.21. The minimum Gasteiger partial charge on any atom is -0.341 e. The minimum absolute atomic E-state index is 0.754. The van der Waals surface area contributed by atoms with Crippen LogP contribution in [0.2, 0.25) is 0 Å². The molecule has 2 aromatic heterocycles. The van der Waals surface area contributed by atoms with Crippen LogP contribution in [0.3, 0.4) is 0 Å². The highest BCUT2D eigenvalue weighted by Crippen LogP contribution is 2.16. The topological polar surface area (TPSA) is 60.6 Å². The van der Waals surface area contributed by atoms with E-state index in [2.05, 4.69) is 82.1 Å². The van der Waals surface area contributed by atoms with Crippen molar-refractivity contribution in [3.63, 3.8) is 0 Å². The molecule has 24 heavy (non-hydrogen) atoms. The van der Waals surface area contributed by atoms with Crippen molar-refractivity contribution in [1.29, 1.82) is 0 Å². The monoisotopic (exact) mass is 319 g/mol. The van der Waals surface area contributed by atoms with Crippen molar-refractivity contribution in [1.82, 2.24) is 24.8 Å². The van der Waals surface area contributed by atoms with Crippen LogP contribution >= 0.6 is 0 Å². The Morgan fingerprint density at radius 1 is 0.792 bits per heavy atom. The molecular weight excluding hydrogens is 298 g/mol. The third kappa shape index (κ3) is 2.90. The molecule has 0 fully saturated rings. The SMILES string of the molecule is Cc1ccc2nc(CN(C)Cc3nc4ccc(C)cc4[nH]3)[nH]c2c1. The number of benzene rings is 2. The Morgan fingerprint density at radius 2 is 1.25 bits per heavy atom. The number of nitrogens with zero attached hydrogens (tertiary/aromatic N) is 3. The maximum Gasteiger partial charge on any atom is 0.121 e. The summed E-state index contributed by atoms with van der Waals surface area (Å²) in [5, 5.41) is 0. The molecule has 0 saturated carbocycles. The molecule has 0 unspecified atom stereocenters. The number of H-pyrrole nitrogens is 2. The van der Waals surface area contributed by atoms with E-state index in [1.807, 2.05) is 0 Å². The second kappa shape index (κ2) is 5.76. The normalized spacial score (nSPS) is 11.8. The largest absolute Gasteiger partial charge is 0.341 e. The van der Waals surface area contributed by atoms with Gasteiger partial charge in [0.05, 0.1) is 35.2 Å². The van der Waals surface area contributed by atoms with Crippen LogP contribution in [0.25, 0.3) is 22.1 Å². The van der Waals surface area contributed by atoms with E-state index in [1.54, 1.807) is 0 Å². The van der Waals surface area contributed by atoms with E-state index in [1.165, 1.54) is 11.1 Å². The summed E-state index contributed by atoms with van der Waals surface area (Å²) in [5.74, 6) is 1.95. The first-order valence-corrected chi connectivity index (χ1v) is 8.16. The van der Waals surface area contributed by atoms with Gasteiger partial charge < -0.3 is 9.97 Å². The van der Waals surface area contributed by atoms with Crippen molar-refractivity contribution in [2.45, 2.75) is 26.9 Å². The van der Waals surface area contributed by atoms with E-state index in [0.717, 1.165) is 46.8 Å². The summed E-state index contributed by atoms with van der Waals surface area (Å²) in [6.45, 7) is 5.69. The van der Waals surface area contributed by atoms with Crippen LogP contribution in [-0.4, -0.2) is 31.9 Å². The average Bonchev–Trinajstić information content (AvgIpc) is 3.08. The zero-order chi connectivity index (χ0) is 16.7. The Kier molecular flexibility index (Phi) is 3.58. The van der Waals surface area contributed by atoms with Gasteiger partial charge in [-0.25, -0.2) is 9.97 Å². The average molecular weight is 319 g/mol. The molecule has 0 aliphatic carbocycles. The number of rotatable bonds is 4. The molecule has 0 bridgehead atoms. The first kappa shape index (κ1) is 14.9. The van der Waals surface area contributed by atoms with E-state index in [0.29, 0.717) is 0 Å². The van der Waals surface area contributed by atoms with Gasteiger partial charge in [-0.2, -0.15) is 0 Å². The Labute approximate surface area is 140 Å². The van der Waals surface area contributed by atoms with Gasteiger partial charge in [-0.15, -0.1) is 0 Å². The van der Waals surface area contributed by atoms with E-state index < -0.39 is 0 Å². The first-order chi connectivity index (χ1) is 11.6. The number of hydrogen-bond acceptors (Lipinski definition) is 3. The van der Waals surface area contributed by atoms with Gasteiger partial charge in [-0.1, -0.05) is 12.1 Å². The maximum absolute atomic E-state index is 4.66. The van der Waals surface area contributed by atoms with E-state index >= 15 is 0 Å². The van der Waals surface area contributed by atoms with Gasteiger partial charge in [-0.3, -0.25) is 4.90 Å². The van der Waals surface area contributed by atoms with Crippen molar-refractivity contribution in [3.05, 3.63) is 59.2 Å². The molecule has 0 aliphatic heterocycles. The van der Waals surface area contributed by atoms with Crippen LogP contribution in [0.4, 0.5) is 0 Å². The lowest BCUT2D eigenvalue weighted by Crippen LogP contribution is -2.18. The highest BCUT2D eigenvalue weighted by atomic mass is 15.1. The smallest absolute Gasteiger partial charge is 0.121 e.